The predicted molar refractivity (Wildman–Crippen MR) is 151 cm³/mol. The van der Waals surface area contributed by atoms with Gasteiger partial charge in [0.2, 0.25) is 0 Å². The first-order valence-electron chi connectivity index (χ1n) is 13.1. The third kappa shape index (κ3) is 11.2. The second-order valence-corrected chi connectivity index (χ2v) is 8.84. The van der Waals surface area contributed by atoms with Crippen molar-refractivity contribution in [2.45, 2.75) is 13.1 Å². The zero-order valence-electron chi connectivity index (χ0n) is 22.4. The maximum absolute atomic E-state index is 13.0. The van der Waals surface area contributed by atoms with Gasteiger partial charge in [0.1, 0.15) is 0 Å². The van der Waals surface area contributed by atoms with Gasteiger partial charge < -0.3 is 40.2 Å². The molecule has 3 rings (SSSR count). The summed E-state index contributed by atoms with van der Waals surface area (Å²) in [6.07, 6.45) is 0. The Balaban J connectivity index is 0.00000533. The number of ether oxygens (including phenoxy) is 4. The van der Waals surface area contributed by atoms with Crippen LogP contribution in [-0.4, -0.2) is 101 Å². The third-order valence-corrected chi connectivity index (χ3v) is 6.21. The summed E-state index contributed by atoms with van der Waals surface area (Å²) < 4.78 is 22.8. The van der Waals surface area contributed by atoms with Crippen molar-refractivity contribution in [2.24, 2.45) is 11.5 Å². The quantitative estimate of drug-likeness (QED) is 0.574. The zero-order valence-corrected chi connectivity index (χ0v) is 23.2. The lowest BCUT2D eigenvalue weighted by molar-refractivity contribution is 0.00889. The van der Waals surface area contributed by atoms with Gasteiger partial charge in [0.05, 0.1) is 52.9 Å². The van der Waals surface area contributed by atoms with E-state index in [-0.39, 0.29) is 24.2 Å². The Labute approximate surface area is 236 Å². The molecule has 39 heavy (non-hydrogen) atoms. The van der Waals surface area contributed by atoms with Crippen molar-refractivity contribution >= 4 is 24.2 Å². The topological polar surface area (TPSA) is 130 Å². The summed E-state index contributed by atoms with van der Waals surface area (Å²) in [5.41, 5.74) is 14.5. The first kappa shape index (κ1) is 32.6. The highest BCUT2D eigenvalue weighted by atomic mass is 35.5. The molecule has 4 N–H and O–H groups in total. The van der Waals surface area contributed by atoms with E-state index in [2.05, 4.69) is 0 Å². The summed E-state index contributed by atoms with van der Waals surface area (Å²) >= 11 is 0. The van der Waals surface area contributed by atoms with Crippen LogP contribution in [0.1, 0.15) is 31.8 Å². The Kier molecular flexibility index (Phi) is 15.6. The average Bonchev–Trinajstić information content (AvgIpc) is 2.96. The molecule has 1 saturated heterocycles. The van der Waals surface area contributed by atoms with Crippen LogP contribution in [0.25, 0.3) is 0 Å². The highest BCUT2D eigenvalue weighted by molar-refractivity contribution is 5.94. The number of halogens is 1. The largest absolute Gasteiger partial charge is 0.377 e. The van der Waals surface area contributed by atoms with Crippen molar-refractivity contribution in [3.8, 4) is 0 Å². The Hall–Kier alpha value is -2.57. The second-order valence-electron chi connectivity index (χ2n) is 8.84. The molecule has 11 heteroatoms. The van der Waals surface area contributed by atoms with E-state index in [9.17, 15) is 9.59 Å². The second kappa shape index (κ2) is 18.7. The Morgan fingerprint density at radius 3 is 1.08 bits per heavy atom. The molecule has 0 atom stereocenters. The van der Waals surface area contributed by atoms with Gasteiger partial charge in [0.25, 0.3) is 11.8 Å². The zero-order chi connectivity index (χ0) is 27.0. The van der Waals surface area contributed by atoms with Crippen LogP contribution < -0.4 is 11.5 Å². The minimum Gasteiger partial charge on any atom is -0.377 e. The van der Waals surface area contributed by atoms with Crippen LogP contribution in [0.15, 0.2) is 48.5 Å². The monoisotopic (exact) mass is 564 g/mol. The van der Waals surface area contributed by atoms with E-state index in [1.54, 1.807) is 34.1 Å². The van der Waals surface area contributed by atoms with Gasteiger partial charge in [-0.2, -0.15) is 0 Å². The van der Waals surface area contributed by atoms with Crippen molar-refractivity contribution in [1.82, 2.24) is 9.80 Å². The lowest BCUT2D eigenvalue weighted by atomic mass is 10.1. The number of amides is 2. The highest BCUT2D eigenvalue weighted by Crippen LogP contribution is 2.09. The van der Waals surface area contributed by atoms with Crippen LogP contribution in [0.5, 0.6) is 0 Å². The van der Waals surface area contributed by atoms with Crippen LogP contribution in [0.3, 0.4) is 0 Å². The van der Waals surface area contributed by atoms with Gasteiger partial charge in [-0.15, -0.1) is 12.4 Å². The summed E-state index contributed by atoms with van der Waals surface area (Å²) in [5.74, 6) is -0.157. The molecule has 2 amide bonds. The molecule has 2 aromatic rings. The van der Waals surface area contributed by atoms with Crippen molar-refractivity contribution in [2.75, 3.05) is 79.0 Å². The van der Waals surface area contributed by atoms with E-state index in [1.807, 2.05) is 24.3 Å². The number of hydrogen-bond donors (Lipinski definition) is 2. The Bertz CT molecular complexity index is 878. The maximum atomic E-state index is 13.0. The third-order valence-electron chi connectivity index (χ3n) is 6.21. The van der Waals surface area contributed by atoms with Crippen LogP contribution in [-0.2, 0) is 32.0 Å². The summed E-state index contributed by atoms with van der Waals surface area (Å²) in [6, 6.07) is 14.6. The number of rotatable bonds is 4. The molecule has 1 heterocycles. The molecule has 0 aliphatic carbocycles. The van der Waals surface area contributed by atoms with Gasteiger partial charge in [-0.05, 0) is 35.4 Å². The maximum Gasteiger partial charge on any atom is 0.254 e. The fourth-order valence-electron chi connectivity index (χ4n) is 3.90. The normalized spacial score (nSPS) is 17.0. The van der Waals surface area contributed by atoms with E-state index < -0.39 is 0 Å². The van der Waals surface area contributed by atoms with E-state index in [0.717, 1.165) is 11.1 Å². The van der Waals surface area contributed by atoms with E-state index in [0.29, 0.717) is 103 Å². The number of hydrogen-bond acceptors (Lipinski definition) is 8. The van der Waals surface area contributed by atoms with E-state index in [4.69, 9.17) is 30.4 Å². The average molecular weight is 565 g/mol. The van der Waals surface area contributed by atoms with Gasteiger partial charge in [-0.25, -0.2) is 0 Å². The number of benzene rings is 2. The fraction of sp³-hybridized carbons (Fsp3) is 0.500. The number of nitrogens with two attached hydrogens (primary N) is 2. The summed E-state index contributed by atoms with van der Waals surface area (Å²) in [5, 5.41) is 0. The summed E-state index contributed by atoms with van der Waals surface area (Å²) in [6.45, 7) is 5.67. The minimum atomic E-state index is -0.0786. The van der Waals surface area contributed by atoms with Gasteiger partial charge in [-0.1, -0.05) is 24.3 Å². The van der Waals surface area contributed by atoms with E-state index >= 15 is 0 Å². The van der Waals surface area contributed by atoms with Crippen molar-refractivity contribution in [3.05, 3.63) is 70.8 Å². The fourth-order valence-corrected chi connectivity index (χ4v) is 3.90. The molecule has 0 radical (unpaired) electrons. The van der Waals surface area contributed by atoms with Crippen LogP contribution >= 0.6 is 12.4 Å². The summed E-state index contributed by atoms with van der Waals surface area (Å²) in [4.78, 5) is 29.5. The molecule has 0 unspecified atom stereocenters. The van der Waals surface area contributed by atoms with Crippen molar-refractivity contribution < 1.29 is 28.5 Å². The van der Waals surface area contributed by atoms with Gasteiger partial charge in [0.15, 0.2) is 0 Å². The molecule has 0 bridgehead atoms. The first-order valence-corrected chi connectivity index (χ1v) is 13.1. The first-order chi connectivity index (χ1) is 18.6. The smallest absolute Gasteiger partial charge is 0.254 e. The molecule has 1 aliphatic rings. The molecule has 10 nitrogen and oxygen atoms in total. The summed E-state index contributed by atoms with van der Waals surface area (Å²) in [7, 11) is 0. The van der Waals surface area contributed by atoms with Crippen molar-refractivity contribution in [1.29, 1.82) is 0 Å². The molecule has 0 saturated carbocycles. The Morgan fingerprint density at radius 1 is 0.538 bits per heavy atom. The molecule has 0 spiro atoms. The molecule has 1 fully saturated rings. The van der Waals surface area contributed by atoms with Gasteiger partial charge in [0, 0.05) is 50.4 Å². The number of nitrogens with zero attached hydrogens (tertiary/aromatic N) is 2. The minimum absolute atomic E-state index is 0. The molecule has 2 aromatic carbocycles. The van der Waals surface area contributed by atoms with Gasteiger partial charge in [-0.3, -0.25) is 9.59 Å². The van der Waals surface area contributed by atoms with Crippen molar-refractivity contribution in [3.63, 3.8) is 0 Å². The molecular weight excluding hydrogens is 524 g/mol. The SMILES string of the molecule is Cl.NCc1ccc(C(=O)N2CCOCCOCCN(C(=O)c3ccc(CN)cc3)CCOCCOCC2)cc1. The highest BCUT2D eigenvalue weighted by Gasteiger charge is 2.17. The lowest BCUT2D eigenvalue weighted by Gasteiger charge is -2.24. The molecular formula is C28H41ClN4O6. The lowest BCUT2D eigenvalue weighted by Crippen LogP contribution is -2.38. The predicted octanol–water partition coefficient (Wildman–Crippen LogP) is 1.69. The van der Waals surface area contributed by atoms with Crippen LogP contribution in [0, 0.1) is 0 Å². The molecule has 0 aromatic heterocycles. The van der Waals surface area contributed by atoms with Gasteiger partial charge >= 0.3 is 0 Å². The Morgan fingerprint density at radius 2 is 0.821 bits per heavy atom. The standard InChI is InChI=1S/C28H40N4O6.ClH/c29-21-23-1-5-25(6-2-23)27(33)31-9-13-35-17-19-37-15-11-32(12-16-38-20-18-36-14-10-31)28(34)26-7-3-24(22-30)4-8-26;/h1-8H,9-22,29-30H2;1H. The number of carbonyl (C=O) groups excluding carboxylic acids is 2. The van der Waals surface area contributed by atoms with Crippen LogP contribution in [0.4, 0.5) is 0 Å². The van der Waals surface area contributed by atoms with Crippen LogP contribution in [0.2, 0.25) is 0 Å². The molecule has 216 valence electrons. The molecule has 1 aliphatic heterocycles. The van der Waals surface area contributed by atoms with E-state index in [1.165, 1.54) is 0 Å². The number of carbonyl (C=O) groups is 2.